The number of non-ortho nitro benzene ring substituents is 1. The van der Waals surface area contributed by atoms with Crippen molar-refractivity contribution in [2.75, 3.05) is 0 Å². The number of Topliss-reactive ketones (excluding diaryl/α,β-unsaturated/α-hetero) is 1. The molecule has 1 aliphatic heterocycles. The Morgan fingerprint density at radius 1 is 1.43 bits per heavy atom. The van der Waals surface area contributed by atoms with Gasteiger partial charge in [0, 0.05) is 24.1 Å². The lowest BCUT2D eigenvalue weighted by molar-refractivity contribution is -0.384. The number of ketones is 1. The van der Waals surface area contributed by atoms with Gasteiger partial charge in [-0.2, -0.15) is 5.10 Å². The van der Waals surface area contributed by atoms with E-state index in [4.69, 9.17) is 0 Å². The van der Waals surface area contributed by atoms with Crippen LogP contribution in [0.25, 0.3) is 0 Å². The van der Waals surface area contributed by atoms with E-state index in [-0.39, 0.29) is 28.8 Å². The summed E-state index contributed by atoms with van der Waals surface area (Å²) in [6.07, 6.45) is 1.38. The van der Waals surface area contributed by atoms with Crippen LogP contribution in [0.4, 0.5) is 5.69 Å². The average molecular weight is 287 g/mol. The van der Waals surface area contributed by atoms with Crippen LogP contribution in [0.3, 0.4) is 0 Å². The molecular formula is C15H17N3O3. The molecule has 6 heteroatoms. The molecule has 1 fully saturated rings. The van der Waals surface area contributed by atoms with Crippen molar-refractivity contribution in [1.29, 1.82) is 0 Å². The molecular weight excluding hydrogens is 270 g/mol. The van der Waals surface area contributed by atoms with Gasteiger partial charge in [-0.05, 0) is 11.8 Å². The second kappa shape index (κ2) is 4.65. The van der Waals surface area contributed by atoms with Crippen molar-refractivity contribution in [3.05, 3.63) is 39.9 Å². The molecule has 110 valence electrons. The highest BCUT2D eigenvalue weighted by Crippen LogP contribution is 2.39. The van der Waals surface area contributed by atoms with Crippen LogP contribution in [-0.2, 0) is 4.79 Å². The van der Waals surface area contributed by atoms with Gasteiger partial charge in [-0.25, -0.2) is 0 Å². The molecule has 0 spiro atoms. The average Bonchev–Trinajstić information content (AvgIpc) is 2.81. The van der Waals surface area contributed by atoms with E-state index < -0.39 is 4.92 Å². The summed E-state index contributed by atoms with van der Waals surface area (Å²) in [6, 6.07) is 6.31. The molecule has 0 aromatic heterocycles. The zero-order chi connectivity index (χ0) is 15.2. The molecule has 0 saturated heterocycles. The van der Waals surface area contributed by atoms with Crippen molar-refractivity contribution in [1.82, 2.24) is 5.43 Å². The first-order valence-corrected chi connectivity index (χ1v) is 6.98. The molecule has 1 heterocycles. The van der Waals surface area contributed by atoms with Crippen molar-refractivity contribution in [2.45, 2.75) is 32.7 Å². The number of benzene rings is 1. The number of carbonyl (C=O) groups is 1. The predicted octanol–water partition coefficient (Wildman–Crippen LogP) is 2.28. The van der Waals surface area contributed by atoms with Crippen LogP contribution in [0.2, 0.25) is 0 Å². The minimum Gasteiger partial charge on any atom is -0.306 e. The van der Waals surface area contributed by atoms with Crippen LogP contribution in [0, 0.1) is 21.4 Å². The third-order valence-corrected chi connectivity index (χ3v) is 4.17. The molecule has 2 aliphatic rings. The quantitative estimate of drug-likeness (QED) is 0.668. The maximum atomic E-state index is 12.4. The van der Waals surface area contributed by atoms with Crippen LogP contribution >= 0.6 is 0 Å². The van der Waals surface area contributed by atoms with E-state index in [1.807, 2.05) is 0 Å². The lowest BCUT2D eigenvalue weighted by Crippen LogP contribution is -2.45. The highest BCUT2D eigenvalue weighted by Gasteiger charge is 2.46. The monoisotopic (exact) mass is 287 g/mol. The maximum absolute atomic E-state index is 12.4. The molecule has 1 aliphatic carbocycles. The van der Waals surface area contributed by atoms with Crippen LogP contribution in [0.1, 0.15) is 32.3 Å². The molecule has 1 aromatic carbocycles. The number of nitrogens with one attached hydrogen (secondary N) is 1. The molecule has 0 amide bonds. The van der Waals surface area contributed by atoms with Crippen LogP contribution in [-0.4, -0.2) is 22.5 Å². The second-order valence-corrected chi connectivity index (χ2v) is 6.53. The number of nitro groups is 1. The van der Waals surface area contributed by atoms with E-state index in [1.54, 1.807) is 12.1 Å². The van der Waals surface area contributed by atoms with E-state index in [0.29, 0.717) is 17.7 Å². The summed E-state index contributed by atoms with van der Waals surface area (Å²) < 4.78 is 0. The van der Waals surface area contributed by atoms with E-state index in [2.05, 4.69) is 24.4 Å². The van der Waals surface area contributed by atoms with Crippen LogP contribution in [0.5, 0.6) is 0 Å². The summed E-state index contributed by atoms with van der Waals surface area (Å²) in [6.45, 7) is 4.16. The fourth-order valence-corrected chi connectivity index (χ4v) is 3.30. The van der Waals surface area contributed by atoms with Crippen molar-refractivity contribution >= 4 is 17.2 Å². The van der Waals surface area contributed by atoms with Gasteiger partial charge >= 0.3 is 0 Å². The van der Waals surface area contributed by atoms with E-state index in [9.17, 15) is 14.9 Å². The van der Waals surface area contributed by atoms with Crippen LogP contribution < -0.4 is 5.43 Å². The van der Waals surface area contributed by atoms with E-state index >= 15 is 0 Å². The molecule has 2 atom stereocenters. The van der Waals surface area contributed by atoms with Crippen molar-refractivity contribution in [2.24, 2.45) is 16.4 Å². The lowest BCUT2D eigenvalue weighted by atomic mass is 9.68. The van der Waals surface area contributed by atoms with Gasteiger partial charge < -0.3 is 5.43 Å². The van der Waals surface area contributed by atoms with E-state index in [1.165, 1.54) is 12.1 Å². The fraction of sp³-hybridized carbons (Fsp3) is 0.467. The third-order valence-electron chi connectivity index (χ3n) is 4.17. The first-order valence-electron chi connectivity index (χ1n) is 6.98. The highest BCUT2D eigenvalue weighted by molar-refractivity contribution is 6.15. The molecule has 21 heavy (non-hydrogen) atoms. The topological polar surface area (TPSA) is 84.6 Å². The molecule has 1 N–H and O–H groups in total. The Morgan fingerprint density at radius 3 is 2.90 bits per heavy atom. The first-order chi connectivity index (χ1) is 9.87. The minimum absolute atomic E-state index is 0.00416. The van der Waals surface area contributed by atoms with Gasteiger partial charge in [0.25, 0.3) is 5.69 Å². The Balaban J connectivity index is 1.93. The highest BCUT2D eigenvalue weighted by atomic mass is 16.6. The van der Waals surface area contributed by atoms with Crippen LogP contribution in [0.15, 0.2) is 29.4 Å². The summed E-state index contributed by atoms with van der Waals surface area (Å²) in [7, 11) is 0. The number of hydrogen-bond acceptors (Lipinski definition) is 5. The largest absolute Gasteiger partial charge is 0.306 e. The summed E-state index contributed by atoms with van der Waals surface area (Å²) in [4.78, 5) is 22.9. The van der Waals surface area contributed by atoms with E-state index in [0.717, 1.165) is 6.42 Å². The fourth-order valence-electron chi connectivity index (χ4n) is 3.30. The number of nitro benzene ring substituents is 1. The summed E-state index contributed by atoms with van der Waals surface area (Å²) in [5, 5.41) is 15.2. The zero-order valence-corrected chi connectivity index (χ0v) is 12.0. The molecule has 2 unspecified atom stereocenters. The number of fused-ring (bicyclic) bond motifs is 1. The Morgan fingerprint density at radius 2 is 2.19 bits per heavy atom. The summed E-state index contributed by atoms with van der Waals surface area (Å²) in [5.74, 6) is -0.133. The van der Waals surface area contributed by atoms with Gasteiger partial charge in [-0.1, -0.05) is 26.0 Å². The third kappa shape index (κ3) is 2.41. The van der Waals surface area contributed by atoms with Gasteiger partial charge in [-0.3, -0.25) is 14.9 Å². The van der Waals surface area contributed by atoms with Gasteiger partial charge in [0.15, 0.2) is 0 Å². The van der Waals surface area contributed by atoms with Crippen molar-refractivity contribution in [3.8, 4) is 0 Å². The van der Waals surface area contributed by atoms with Gasteiger partial charge in [0.1, 0.15) is 5.78 Å². The summed E-state index contributed by atoms with van der Waals surface area (Å²) >= 11 is 0. The molecule has 0 bridgehead atoms. The number of hydrogen-bond donors (Lipinski definition) is 1. The Labute approximate surface area is 122 Å². The maximum Gasteiger partial charge on any atom is 0.270 e. The second-order valence-electron chi connectivity index (χ2n) is 6.53. The molecule has 6 nitrogen and oxygen atoms in total. The SMILES string of the molecule is CC1(C)CC(=O)C2C(c3cccc([N+](=O)[O-])c3)=NNC2C1. The normalized spacial score (nSPS) is 26.8. The Kier molecular flexibility index (Phi) is 3.04. The summed E-state index contributed by atoms with van der Waals surface area (Å²) in [5.41, 5.74) is 4.31. The van der Waals surface area contributed by atoms with Crippen molar-refractivity contribution in [3.63, 3.8) is 0 Å². The predicted molar refractivity (Wildman–Crippen MR) is 78.1 cm³/mol. The first kappa shape index (κ1) is 13.7. The Hall–Kier alpha value is -2.24. The smallest absolute Gasteiger partial charge is 0.270 e. The molecule has 3 rings (SSSR count). The number of rotatable bonds is 2. The van der Waals surface area contributed by atoms with Gasteiger partial charge in [-0.15, -0.1) is 0 Å². The Bertz CT molecular complexity index is 651. The molecule has 0 radical (unpaired) electrons. The lowest BCUT2D eigenvalue weighted by Gasteiger charge is -2.36. The minimum atomic E-state index is -0.435. The van der Waals surface area contributed by atoms with Crippen molar-refractivity contribution < 1.29 is 9.72 Å². The molecule has 1 saturated carbocycles. The van der Waals surface area contributed by atoms with Gasteiger partial charge in [0.2, 0.25) is 0 Å². The number of nitrogens with zero attached hydrogens (tertiary/aromatic N) is 2. The number of hydrazone groups is 1. The molecule has 1 aromatic rings. The zero-order valence-electron chi connectivity index (χ0n) is 12.0. The van der Waals surface area contributed by atoms with Gasteiger partial charge in [0.05, 0.1) is 22.6 Å². The number of carbonyl (C=O) groups excluding carboxylic acids is 1. The standard InChI is InChI=1S/C15H17N3O3/c1-15(2)7-11-13(12(19)8-15)14(17-16-11)9-4-3-5-10(6-9)18(20)21/h3-6,11,13,16H,7-8H2,1-2H3.